The van der Waals surface area contributed by atoms with Gasteiger partial charge in [-0.2, -0.15) is 10.1 Å². The predicted octanol–water partition coefficient (Wildman–Crippen LogP) is 0.429. The van der Waals surface area contributed by atoms with E-state index in [2.05, 4.69) is 15.4 Å². The van der Waals surface area contributed by atoms with E-state index in [4.69, 9.17) is 0 Å². The van der Waals surface area contributed by atoms with Crippen LogP contribution in [0.4, 0.5) is 5.95 Å². The third-order valence-electron chi connectivity index (χ3n) is 2.16. The minimum absolute atomic E-state index is 0.0149. The number of aryl methyl sites for hydroxylation is 1. The van der Waals surface area contributed by atoms with Gasteiger partial charge in [0, 0.05) is 6.42 Å². The van der Waals surface area contributed by atoms with Gasteiger partial charge in [-0.1, -0.05) is 13.8 Å². The number of hydrogen-bond donors (Lipinski definition) is 1. The van der Waals surface area contributed by atoms with Crippen LogP contribution >= 0.6 is 0 Å². The molecular weight excluding hydrogens is 168 g/mol. The Balaban J connectivity index is 2.34. The fraction of sp³-hybridized carbons (Fsp3) is 0.625. The standard InChI is InChI=1S/C8H12N4O/c1-3-6-9-8-10-7(13)5(2)4-12(8)11-6/h5H,3-4H2,1-2H3,(H,9,10,11,13). The fourth-order valence-electron chi connectivity index (χ4n) is 1.33. The van der Waals surface area contributed by atoms with E-state index in [1.54, 1.807) is 4.68 Å². The molecule has 1 aliphatic heterocycles. The van der Waals surface area contributed by atoms with Crippen molar-refractivity contribution in [3.05, 3.63) is 5.82 Å². The number of aromatic nitrogens is 3. The number of carbonyl (C=O) groups is 1. The third-order valence-corrected chi connectivity index (χ3v) is 2.16. The number of nitrogens with one attached hydrogen (secondary N) is 1. The largest absolute Gasteiger partial charge is 0.294 e. The summed E-state index contributed by atoms with van der Waals surface area (Å²) in [6, 6.07) is 0. The van der Waals surface area contributed by atoms with Crippen LogP contribution in [-0.4, -0.2) is 20.7 Å². The van der Waals surface area contributed by atoms with Crippen LogP contribution in [0.1, 0.15) is 19.7 Å². The Labute approximate surface area is 76.2 Å². The van der Waals surface area contributed by atoms with E-state index < -0.39 is 0 Å². The summed E-state index contributed by atoms with van der Waals surface area (Å²) < 4.78 is 1.75. The van der Waals surface area contributed by atoms with Crippen LogP contribution < -0.4 is 5.32 Å². The first-order chi connectivity index (χ1) is 6.20. The lowest BCUT2D eigenvalue weighted by Gasteiger charge is -2.18. The number of hydrogen-bond acceptors (Lipinski definition) is 3. The second-order valence-corrected chi connectivity index (χ2v) is 3.28. The Morgan fingerprint density at radius 2 is 2.46 bits per heavy atom. The van der Waals surface area contributed by atoms with Crippen molar-refractivity contribution in [1.29, 1.82) is 0 Å². The number of nitrogens with zero attached hydrogens (tertiary/aromatic N) is 3. The van der Waals surface area contributed by atoms with Gasteiger partial charge in [-0.15, -0.1) is 0 Å². The SMILES string of the molecule is CCc1nc2n(n1)CC(C)C(=O)N2. The number of carbonyl (C=O) groups excluding carboxylic acids is 1. The van der Waals surface area contributed by atoms with E-state index in [-0.39, 0.29) is 11.8 Å². The lowest BCUT2D eigenvalue weighted by Crippen LogP contribution is -2.31. The highest BCUT2D eigenvalue weighted by atomic mass is 16.2. The van der Waals surface area contributed by atoms with Gasteiger partial charge in [0.15, 0.2) is 5.82 Å². The molecule has 1 N–H and O–H groups in total. The van der Waals surface area contributed by atoms with Crippen LogP contribution in [0.15, 0.2) is 0 Å². The molecule has 1 aromatic heterocycles. The van der Waals surface area contributed by atoms with Crippen molar-refractivity contribution < 1.29 is 4.79 Å². The number of rotatable bonds is 1. The molecule has 0 bridgehead atoms. The van der Waals surface area contributed by atoms with Crippen LogP contribution in [0, 0.1) is 5.92 Å². The number of fused-ring (bicyclic) bond motifs is 1. The molecule has 0 saturated carbocycles. The maximum absolute atomic E-state index is 11.3. The molecule has 0 aliphatic carbocycles. The van der Waals surface area contributed by atoms with Crippen molar-refractivity contribution in [2.45, 2.75) is 26.8 Å². The minimum Gasteiger partial charge on any atom is -0.294 e. The Morgan fingerprint density at radius 3 is 3.15 bits per heavy atom. The maximum Gasteiger partial charge on any atom is 0.231 e. The van der Waals surface area contributed by atoms with E-state index in [1.165, 1.54) is 0 Å². The van der Waals surface area contributed by atoms with Gasteiger partial charge in [-0.3, -0.25) is 10.1 Å². The molecule has 1 unspecified atom stereocenters. The van der Waals surface area contributed by atoms with Crippen molar-refractivity contribution in [2.24, 2.45) is 5.92 Å². The summed E-state index contributed by atoms with van der Waals surface area (Å²) >= 11 is 0. The molecule has 1 atom stereocenters. The van der Waals surface area contributed by atoms with Crippen LogP contribution in [0.25, 0.3) is 0 Å². The summed E-state index contributed by atoms with van der Waals surface area (Å²) in [6.07, 6.45) is 0.796. The monoisotopic (exact) mass is 180 g/mol. The van der Waals surface area contributed by atoms with Gasteiger partial charge >= 0.3 is 0 Å². The van der Waals surface area contributed by atoms with Gasteiger partial charge in [-0.05, 0) is 0 Å². The molecule has 1 aromatic rings. The molecule has 0 fully saturated rings. The smallest absolute Gasteiger partial charge is 0.231 e. The summed E-state index contributed by atoms with van der Waals surface area (Å²) in [7, 11) is 0. The molecule has 1 aliphatic rings. The molecular formula is C8H12N4O. The zero-order valence-corrected chi connectivity index (χ0v) is 7.74. The second-order valence-electron chi connectivity index (χ2n) is 3.28. The van der Waals surface area contributed by atoms with Crippen LogP contribution in [-0.2, 0) is 17.8 Å². The van der Waals surface area contributed by atoms with Gasteiger partial charge in [0.2, 0.25) is 11.9 Å². The van der Waals surface area contributed by atoms with Gasteiger partial charge < -0.3 is 0 Å². The van der Waals surface area contributed by atoms with Gasteiger partial charge in [0.25, 0.3) is 0 Å². The minimum atomic E-state index is -0.0149. The zero-order chi connectivity index (χ0) is 9.42. The van der Waals surface area contributed by atoms with E-state index in [1.807, 2.05) is 13.8 Å². The quantitative estimate of drug-likeness (QED) is 0.681. The van der Waals surface area contributed by atoms with E-state index >= 15 is 0 Å². The highest BCUT2D eigenvalue weighted by Gasteiger charge is 2.24. The summed E-state index contributed by atoms with van der Waals surface area (Å²) in [5.74, 6) is 1.38. The van der Waals surface area contributed by atoms with Crippen molar-refractivity contribution in [1.82, 2.24) is 14.8 Å². The van der Waals surface area contributed by atoms with Crippen molar-refractivity contribution in [2.75, 3.05) is 5.32 Å². The molecule has 1 amide bonds. The molecule has 5 nitrogen and oxygen atoms in total. The molecule has 5 heteroatoms. The van der Waals surface area contributed by atoms with Gasteiger partial charge in [0.05, 0.1) is 12.5 Å². The summed E-state index contributed by atoms with van der Waals surface area (Å²) in [5.41, 5.74) is 0. The molecule has 0 saturated heterocycles. The summed E-state index contributed by atoms with van der Waals surface area (Å²) in [4.78, 5) is 15.4. The van der Waals surface area contributed by atoms with E-state index in [0.29, 0.717) is 12.5 Å². The Kier molecular flexibility index (Phi) is 1.79. The lowest BCUT2D eigenvalue weighted by molar-refractivity contribution is -0.120. The van der Waals surface area contributed by atoms with Gasteiger partial charge in [0.1, 0.15) is 0 Å². The Hall–Kier alpha value is -1.39. The van der Waals surface area contributed by atoms with E-state index in [0.717, 1.165) is 12.2 Å². The van der Waals surface area contributed by atoms with Crippen molar-refractivity contribution in [3.63, 3.8) is 0 Å². The molecule has 0 radical (unpaired) electrons. The number of anilines is 1. The molecule has 0 spiro atoms. The summed E-state index contributed by atoms with van der Waals surface area (Å²) in [5, 5.41) is 6.96. The molecule has 2 heterocycles. The Bertz CT molecular complexity index is 344. The average Bonchev–Trinajstić information content (AvgIpc) is 2.48. The zero-order valence-electron chi connectivity index (χ0n) is 7.74. The summed E-state index contributed by atoms with van der Waals surface area (Å²) in [6.45, 7) is 4.51. The third kappa shape index (κ3) is 1.30. The highest BCUT2D eigenvalue weighted by Crippen LogP contribution is 2.15. The molecule has 70 valence electrons. The van der Waals surface area contributed by atoms with Crippen LogP contribution in [0.3, 0.4) is 0 Å². The van der Waals surface area contributed by atoms with Crippen molar-refractivity contribution >= 4 is 11.9 Å². The average molecular weight is 180 g/mol. The first-order valence-corrected chi connectivity index (χ1v) is 4.45. The molecule has 13 heavy (non-hydrogen) atoms. The maximum atomic E-state index is 11.3. The predicted molar refractivity (Wildman–Crippen MR) is 47.2 cm³/mol. The van der Waals surface area contributed by atoms with Crippen LogP contribution in [0.5, 0.6) is 0 Å². The topological polar surface area (TPSA) is 59.8 Å². The first kappa shape index (κ1) is 8.22. The number of amides is 1. The second kappa shape index (κ2) is 2.83. The molecule has 2 rings (SSSR count). The normalized spacial score (nSPS) is 21.1. The fourth-order valence-corrected chi connectivity index (χ4v) is 1.33. The Morgan fingerprint density at radius 1 is 1.69 bits per heavy atom. The van der Waals surface area contributed by atoms with E-state index in [9.17, 15) is 4.79 Å². The first-order valence-electron chi connectivity index (χ1n) is 4.45. The lowest BCUT2D eigenvalue weighted by atomic mass is 10.1. The molecule has 0 aromatic carbocycles. The highest BCUT2D eigenvalue weighted by molar-refractivity contribution is 5.91. The van der Waals surface area contributed by atoms with Gasteiger partial charge in [-0.25, -0.2) is 4.68 Å². The van der Waals surface area contributed by atoms with Crippen LogP contribution in [0.2, 0.25) is 0 Å². The van der Waals surface area contributed by atoms with Crippen molar-refractivity contribution in [3.8, 4) is 0 Å².